The molecule has 86 valence electrons. The van der Waals surface area contributed by atoms with Crippen molar-refractivity contribution in [3.8, 4) is 5.75 Å². The third kappa shape index (κ3) is 4.77. The van der Waals surface area contributed by atoms with E-state index in [9.17, 15) is 9.46 Å². The van der Waals surface area contributed by atoms with Gasteiger partial charge in [-0.3, -0.25) is 4.57 Å². The molecule has 17 heavy (non-hydrogen) atoms. The zero-order valence-corrected chi connectivity index (χ0v) is 12.1. The van der Waals surface area contributed by atoms with Crippen LogP contribution in [0.5, 0.6) is 5.75 Å². The van der Waals surface area contributed by atoms with E-state index in [1.807, 2.05) is 24.3 Å². The molecule has 0 saturated heterocycles. The average Bonchev–Trinajstić information content (AvgIpc) is 2.15. The SMILES string of the molecule is O.O=P([O-])(O)Oc1ccc2ccccc2c1.[Na+]. The molecule has 0 heterocycles. The number of hydrogen-bond acceptors (Lipinski definition) is 3. The molecule has 0 amide bonds. The Kier molecular flexibility index (Phi) is 6.37. The normalized spacial score (nSPS) is 13.1. The topological polar surface area (TPSA) is 101 Å². The fraction of sp³-hybridized carbons (Fsp3) is 0. The molecule has 5 nitrogen and oxygen atoms in total. The minimum atomic E-state index is -4.72. The van der Waals surface area contributed by atoms with Crippen LogP contribution in [0.2, 0.25) is 0 Å². The number of benzene rings is 2. The van der Waals surface area contributed by atoms with Crippen LogP contribution in [0.25, 0.3) is 10.8 Å². The van der Waals surface area contributed by atoms with Gasteiger partial charge in [0.2, 0.25) is 0 Å². The van der Waals surface area contributed by atoms with E-state index in [2.05, 4.69) is 4.52 Å². The summed E-state index contributed by atoms with van der Waals surface area (Å²) in [6.45, 7) is 0. The summed E-state index contributed by atoms with van der Waals surface area (Å²) in [6.07, 6.45) is 0. The monoisotopic (exact) mass is 264 g/mol. The second-order valence-corrected chi connectivity index (χ2v) is 4.19. The Labute approximate surface area is 120 Å². The summed E-state index contributed by atoms with van der Waals surface area (Å²) in [5.74, 6) is 0.106. The van der Waals surface area contributed by atoms with E-state index < -0.39 is 7.82 Å². The van der Waals surface area contributed by atoms with Crippen LogP contribution in [0.4, 0.5) is 0 Å². The second-order valence-electron chi connectivity index (χ2n) is 3.07. The zero-order valence-electron chi connectivity index (χ0n) is 9.16. The quantitative estimate of drug-likeness (QED) is 0.494. The molecule has 7 heteroatoms. The van der Waals surface area contributed by atoms with Gasteiger partial charge in [-0.1, -0.05) is 30.3 Å². The fourth-order valence-electron chi connectivity index (χ4n) is 1.36. The molecule has 1 unspecified atom stereocenters. The summed E-state index contributed by atoms with van der Waals surface area (Å²) >= 11 is 0. The molecule has 0 bridgehead atoms. The van der Waals surface area contributed by atoms with Gasteiger partial charge in [0.1, 0.15) is 5.75 Å². The van der Waals surface area contributed by atoms with Crippen molar-refractivity contribution < 1.29 is 53.9 Å². The summed E-state index contributed by atoms with van der Waals surface area (Å²) in [5.41, 5.74) is 0. The summed E-state index contributed by atoms with van der Waals surface area (Å²) < 4.78 is 14.9. The van der Waals surface area contributed by atoms with E-state index in [0.29, 0.717) is 0 Å². The van der Waals surface area contributed by atoms with Gasteiger partial charge in [0.05, 0.1) is 0 Å². The molecule has 0 fully saturated rings. The molecular formula is C10H10NaO5P. The number of phosphoric acid groups is 1. The predicted octanol–water partition coefficient (Wildman–Crippen LogP) is -2.14. The van der Waals surface area contributed by atoms with Crippen molar-refractivity contribution >= 4 is 18.6 Å². The molecule has 2 aromatic carbocycles. The molecule has 2 aromatic rings. The van der Waals surface area contributed by atoms with E-state index in [4.69, 9.17) is 4.89 Å². The van der Waals surface area contributed by atoms with Crippen molar-refractivity contribution in [3.63, 3.8) is 0 Å². The zero-order chi connectivity index (χ0) is 10.9. The maximum Gasteiger partial charge on any atom is 1.00 e. The van der Waals surface area contributed by atoms with Gasteiger partial charge >= 0.3 is 37.4 Å². The average molecular weight is 264 g/mol. The standard InChI is InChI=1S/C10H9O4P.Na.H2O/c11-15(12,13)14-10-6-5-8-3-1-2-4-9(8)7-10;;/h1-7H,(H2,11,12,13);;1H2/q;+1;/p-1. The van der Waals surface area contributed by atoms with Crippen LogP contribution < -0.4 is 39.0 Å². The molecule has 3 N–H and O–H groups in total. The maximum atomic E-state index is 10.5. The molecule has 2 rings (SSSR count). The van der Waals surface area contributed by atoms with E-state index >= 15 is 0 Å². The second kappa shape index (κ2) is 6.52. The molecule has 0 aromatic heterocycles. The van der Waals surface area contributed by atoms with Gasteiger partial charge in [-0.05, 0) is 22.9 Å². The molecule has 0 radical (unpaired) electrons. The summed E-state index contributed by atoms with van der Waals surface area (Å²) in [5, 5.41) is 1.83. The number of fused-ring (bicyclic) bond motifs is 1. The van der Waals surface area contributed by atoms with Gasteiger partial charge in [-0.2, -0.15) is 0 Å². The van der Waals surface area contributed by atoms with E-state index in [-0.39, 0.29) is 40.8 Å². The van der Waals surface area contributed by atoms with Crippen LogP contribution in [-0.4, -0.2) is 10.4 Å². The Balaban J connectivity index is 0.00000128. The van der Waals surface area contributed by atoms with Gasteiger partial charge in [-0.15, -0.1) is 0 Å². The third-order valence-electron chi connectivity index (χ3n) is 1.94. The first-order chi connectivity index (χ1) is 7.04. The summed E-state index contributed by atoms with van der Waals surface area (Å²) in [7, 11) is -4.72. The van der Waals surface area contributed by atoms with Crippen LogP contribution in [0, 0.1) is 0 Å². The first kappa shape index (κ1) is 16.6. The minimum Gasteiger partial charge on any atom is -0.746 e. The smallest absolute Gasteiger partial charge is 0.746 e. The molecule has 0 spiro atoms. The molecule has 0 aliphatic rings. The predicted molar refractivity (Wildman–Crippen MR) is 58.0 cm³/mol. The van der Waals surface area contributed by atoms with Crippen molar-refractivity contribution in [2.45, 2.75) is 0 Å². The minimum absolute atomic E-state index is 0. The van der Waals surface area contributed by atoms with Crippen molar-refractivity contribution in [1.29, 1.82) is 0 Å². The van der Waals surface area contributed by atoms with Crippen LogP contribution in [0.3, 0.4) is 0 Å². The van der Waals surface area contributed by atoms with Gasteiger partial charge < -0.3 is 19.8 Å². The first-order valence-corrected chi connectivity index (χ1v) is 5.76. The first-order valence-electron chi connectivity index (χ1n) is 4.27. The van der Waals surface area contributed by atoms with Gasteiger partial charge in [-0.25, -0.2) is 0 Å². The van der Waals surface area contributed by atoms with Crippen molar-refractivity contribution in [2.75, 3.05) is 0 Å². The fourth-order valence-corrected chi connectivity index (χ4v) is 1.74. The number of hydrogen-bond donors (Lipinski definition) is 1. The van der Waals surface area contributed by atoms with Crippen molar-refractivity contribution in [1.82, 2.24) is 0 Å². The van der Waals surface area contributed by atoms with E-state index in [1.54, 1.807) is 12.1 Å². The molecule has 0 aliphatic carbocycles. The maximum absolute atomic E-state index is 10.5. The Morgan fingerprint density at radius 3 is 2.29 bits per heavy atom. The van der Waals surface area contributed by atoms with E-state index in [1.165, 1.54) is 6.07 Å². The van der Waals surface area contributed by atoms with Crippen molar-refractivity contribution in [3.05, 3.63) is 42.5 Å². The van der Waals surface area contributed by atoms with E-state index in [0.717, 1.165) is 10.8 Å². The number of rotatable bonds is 2. The van der Waals surface area contributed by atoms with Gasteiger partial charge in [0.25, 0.3) is 0 Å². The molecule has 0 saturated carbocycles. The van der Waals surface area contributed by atoms with Crippen LogP contribution in [-0.2, 0) is 4.57 Å². The van der Waals surface area contributed by atoms with Crippen LogP contribution in [0.1, 0.15) is 0 Å². The Morgan fingerprint density at radius 1 is 1.12 bits per heavy atom. The number of phosphoric ester groups is 1. The van der Waals surface area contributed by atoms with Crippen LogP contribution >= 0.6 is 7.82 Å². The molecular weight excluding hydrogens is 254 g/mol. The third-order valence-corrected chi connectivity index (χ3v) is 2.38. The molecule has 1 atom stereocenters. The van der Waals surface area contributed by atoms with Crippen LogP contribution in [0.15, 0.2) is 42.5 Å². The molecule has 0 aliphatic heterocycles. The van der Waals surface area contributed by atoms with Gasteiger partial charge in [0, 0.05) is 0 Å². The Hall–Kier alpha value is -0.390. The Morgan fingerprint density at radius 2 is 1.71 bits per heavy atom. The largest absolute Gasteiger partial charge is 1.00 e. The Bertz CT molecular complexity index is 539. The summed E-state index contributed by atoms with van der Waals surface area (Å²) in [4.78, 5) is 19.0. The van der Waals surface area contributed by atoms with Gasteiger partial charge in [0.15, 0.2) is 0 Å². The van der Waals surface area contributed by atoms with Crippen molar-refractivity contribution in [2.24, 2.45) is 0 Å². The summed E-state index contributed by atoms with van der Waals surface area (Å²) in [6, 6.07) is 12.2.